The Labute approximate surface area is 326 Å². The van der Waals surface area contributed by atoms with E-state index >= 15 is 0 Å². The molecule has 262 valence electrons. The smallest absolute Gasteiger partial charge is 0.165 e. The zero-order valence-electron chi connectivity index (χ0n) is 30.0. The first-order valence-electron chi connectivity index (χ1n) is 18.7. The van der Waals surface area contributed by atoms with Gasteiger partial charge in [0.1, 0.15) is 5.69 Å². The Morgan fingerprint density at radius 2 is 1.02 bits per heavy atom. The van der Waals surface area contributed by atoms with Gasteiger partial charge in [0, 0.05) is 53.2 Å². The second-order valence-corrected chi connectivity index (χ2v) is 14.9. The molecule has 0 fully saturated rings. The van der Waals surface area contributed by atoms with Gasteiger partial charge in [-0.05, 0) is 52.9 Å². The van der Waals surface area contributed by atoms with Crippen LogP contribution in [0.15, 0.2) is 188 Å². The molecular formula is C50H31N5S. The van der Waals surface area contributed by atoms with Gasteiger partial charge in [0.2, 0.25) is 0 Å². The van der Waals surface area contributed by atoms with Gasteiger partial charge in [-0.15, -0.1) is 11.3 Å². The number of para-hydroxylation sites is 1. The summed E-state index contributed by atoms with van der Waals surface area (Å²) in [5.41, 5.74) is 9.11. The van der Waals surface area contributed by atoms with Gasteiger partial charge in [0.05, 0.1) is 11.2 Å². The van der Waals surface area contributed by atoms with Crippen molar-refractivity contribution in [2.75, 3.05) is 0 Å². The Hall–Kier alpha value is -7.28. The maximum absolute atomic E-state index is 5.40. The molecule has 0 aliphatic carbocycles. The van der Waals surface area contributed by atoms with Crippen molar-refractivity contribution < 1.29 is 0 Å². The molecule has 0 saturated carbocycles. The molecule has 8 aromatic carbocycles. The number of fused-ring (bicyclic) bond motifs is 6. The van der Waals surface area contributed by atoms with Crippen LogP contribution < -0.4 is 0 Å². The van der Waals surface area contributed by atoms with Gasteiger partial charge < -0.3 is 0 Å². The van der Waals surface area contributed by atoms with E-state index in [1.165, 1.54) is 20.2 Å². The fourth-order valence-corrected chi connectivity index (χ4v) is 9.05. The van der Waals surface area contributed by atoms with E-state index in [0.717, 1.165) is 66.4 Å². The first-order chi connectivity index (χ1) is 27.8. The van der Waals surface area contributed by atoms with Crippen LogP contribution in [-0.2, 0) is 0 Å². The number of thiophene rings is 1. The Morgan fingerprint density at radius 1 is 0.411 bits per heavy atom. The molecule has 56 heavy (non-hydrogen) atoms. The third kappa shape index (κ3) is 5.38. The predicted molar refractivity (Wildman–Crippen MR) is 232 cm³/mol. The van der Waals surface area contributed by atoms with Crippen LogP contribution >= 0.6 is 11.3 Å². The van der Waals surface area contributed by atoms with E-state index in [1.807, 2.05) is 30.3 Å². The molecule has 0 amide bonds. The highest BCUT2D eigenvalue weighted by atomic mass is 32.1. The third-order valence-corrected chi connectivity index (χ3v) is 11.7. The normalized spacial score (nSPS) is 11.6. The molecule has 0 saturated heterocycles. The van der Waals surface area contributed by atoms with Crippen molar-refractivity contribution in [3.63, 3.8) is 0 Å². The Balaban J connectivity index is 1.20. The van der Waals surface area contributed by atoms with Crippen molar-refractivity contribution in [3.05, 3.63) is 188 Å². The number of rotatable bonds is 6. The number of nitrogens with zero attached hydrogens (tertiary/aromatic N) is 5. The Morgan fingerprint density at radius 3 is 1.77 bits per heavy atom. The molecule has 6 heteroatoms. The van der Waals surface area contributed by atoms with Crippen molar-refractivity contribution >= 4 is 53.2 Å². The van der Waals surface area contributed by atoms with E-state index in [2.05, 4.69) is 162 Å². The predicted octanol–water partition coefficient (Wildman–Crippen LogP) is 13.1. The van der Waals surface area contributed by atoms with Crippen LogP contribution in [0.5, 0.6) is 0 Å². The highest BCUT2D eigenvalue weighted by Gasteiger charge is 2.23. The molecule has 3 heterocycles. The lowest BCUT2D eigenvalue weighted by molar-refractivity contribution is 0.918. The lowest BCUT2D eigenvalue weighted by Crippen LogP contribution is -2.00. The number of aromatic nitrogens is 5. The molecule has 3 aromatic heterocycles. The second-order valence-electron chi connectivity index (χ2n) is 13.9. The molecule has 0 aliphatic rings. The van der Waals surface area contributed by atoms with Gasteiger partial charge in [0.25, 0.3) is 0 Å². The summed E-state index contributed by atoms with van der Waals surface area (Å²) in [6.45, 7) is 0. The topological polar surface area (TPSA) is 56.5 Å². The molecule has 11 rings (SSSR count). The lowest BCUT2D eigenvalue weighted by Gasteiger charge is -2.13. The molecular weight excluding hydrogens is 703 g/mol. The maximum Gasteiger partial charge on any atom is 0.165 e. The zero-order chi connectivity index (χ0) is 37.0. The molecule has 5 nitrogen and oxygen atoms in total. The quantitative estimate of drug-likeness (QED) is 0.171. The number of hydrogen-bond acceptors (Lipinski definition) is 5. The van der Waals surface area contributed by atoms with E-state index in [1.54, 1.807) is 11.3 Å². The summed E-state index contributed by atoms with van der Waals surface area (Å²) < 4.78 is 4.51. The molecule has 0 aliphatic heterocycles. The highest BCUT2D eigenvalue weighted by Crippen LogP contribution is 2.43. The summed E-state index contributed by atoms with van der Waals surface area (Å²) in [6.07, 6.45) is 0. The SMILES string of the molecule is c1ccc(-c2nc(-c3ccc4cc(-c5ccccc5)c5c(-c6ccccc6)nn(-c6ccccc6)c5c4c3)nc(-c3cccc4c3sc3ccccc34)n2)cc1. The first-order valence-corrected chi connectivity index (χ1v) is 19.5. The molecule has 0 N–H and O–H groups in total. The molecule has 0 atom stereocenters. The van der Waals surface area contributed by atoms with Crippen molar-refractivity contribution in [2.45, 2.75) is 0 Å². The lowest BCUT2D eigenvalue weighted by atomic mass is 9.93. The fraction of sp³-hybridized carbons (Fsp3) is 0. The van der Waals surface area contributed by atoms with Gasteiger partial charge in [-0.25, -0.2) is 19.6 Å². The number of hydrogen-bond donors (Lipinski definition) is 0. The second kappa shape index (κ2) is 13.2. The number of benzene rings is 8. The van der Waals surface area contributed by atoms with E-state index in [4.69, 9.17) is 20.1 Å². The Kier molecular flexibility index (Phi) is 7.60. The molecule has 0 spiro atoms. The largest absolute Gasteiger partial charge is 0.232 e. The summed E-state index contributed by atoms with van der Waals surface area (Å²) in [5, 5.41) is 11.1. The summed E-state index contributed by atoms with van der Waals surface area (Å²) in [4.78, 5) is 15.6. The van der Waals surface area contributed by atoms with Crippen LogP contribution in [0.2, 0.25) is 0 Å². The van der Waals surface area contributed by atoms with Crippen molar-refractivity contribution in [1.82, 2.24) is 24.7 Å². The van der Waals surface area contributed by atoms with Crippen LogP contribution in [0, 0.1) is 0 Å². The standard InChI is InChI=1S/C50H31N5S/c1-5-16-32(17-6-1)41-30-35-28-29-36(31-42(35)46-44(41)45(33-18-7-2-8-19-33)54-55(46)37-22-11-4-12-23-37)49-51-48(34-20-9-3-10-21-34)52-50(53-49)40-26-15-25-39-38-24-13-14-27-43(38)56-47(39)40/h1-31H. The Bertz CT molecular complexity index is 3230. The molecule has 0 radical (unpaired) electrons. The summed E-state index contributed by atoms with van der Waals surface area (Å²) in [5.74, 6) is 1.90. The van der Waals surface area contributed by atoms with Crippen LogP contribution in [0.4, 0.5) is 0 Å². The van der Waals surface area contributed by atoms with E-state index in [0.29, 0.717) is 17.5 Å². The molecule has 0 bridgehead atoms. The minimum atomic E-state index is 0.614. The van der Waals surface area contributed by atoms with E-state index in [9.17, 15) is 0 Å². The summed E-state index contributed by atoms with van der Waals surface area (Å²) >= 11 is 1.78. The van der Waals surface area contributed by atoms with Gasteiger partial charge in [-0.3, -0.25) is 0 Å². The minimum absolute atomic E-state index is 0.614. The molecule has 0 unspecified atom stereocenters. The average molecular weight is 734 g/mol. The van der Waals surface area contributed by atoms with Crippen LogP contribution in [0.25, 0.3) is 104 Å². The van der Waals surface area contributed by atoms with Crippen LogP contribution in [-0.4, -0.2) is 24.7 Å². The summed E-state index contributed by atoms with van der Waals surface area (Å²) in [6, 6.07) is 65.5. The van der Waals surface area contributed by atoms with Crippen molar-refractivity contribution in [2.24, 2.45) is 0 Å². The summed E-state index contributed by atoms with van der Waals surface area (Å²) in [7, 11) is 0. The van der Waals surface area contributed by atoms with Crippen LogP contribution in [0.1, 0.15) is 0 Å². The van der Waals surface area contributed by atoms with Gasteiger partial charge in [-0.1, -0.05) is 152 Å². The van der Waals surface area contributed by atoms with Gasteiger partial charge in [-0.2, -0.15) is 5.10 Å². The zero-order valence-corrected chi connectivity index (χ0v) is 30.9. The van der Waals surface area contributed by atoms with E-state index < -0.39 is 0 Å². The third-order valence-electron chi connectivity index (χ3n) is 10.5. The first kappa shape index (κ1) is 32.2. The molecule has 11 aromatic rings. The van der Waals surface area contributed by atoms with Gasteiger partial charge >= 0.3 is 0 Å². The minimum Gasteiger partial charge on any atom is -0.232 e. The monoisotopic (exact) mass is 733 g/mol. The highest BCUT2D eigenvalue weighted by molar-refractivity contribution is 7.26. The fourth-order valence-electron chi connectivity index (χ4n) is 7.84. The van der Waals surface area contributed by atoms with Crippen molar-refractivity contribution in [1.29, 1.82) is 0 Å². The van der Waals surface area contributed by atoms with E-state index in [-0.39, 0.29) is 0 Å². The average Bonchev–Trinajstić information content (AvgIpc) is 3.87. The van der Waals surface area contributed by atoms with Crippen molar-refractivity contribution in [3.8, 4) is 62.2 Å². The van der Waals surface area contributed by atoms with Gasteiger partial charge in [0.15, 0.2) is 17.5 Å². The van der Waals surface area contributed by atoms with Crippen LogP contribution in [0.3, 0.4) is 0 Å². The maximum atomic E-state index is 5.40.